The van der Waals surface area contributed by atoms with E-state index in [2.05, 4.69) is 5.32 Å². The van der Waals surface area contributed by atoms with Gasteiger partial charge in [-0.3, -0.25) is 0 Å². The molecule has 3 rings (SSSR count). The van der Waals surface area contributed by atoms with Crippen molar-refractivity contribution in [1.82, 2.24) is 0 Å². The molecule has 0 saturated carbocycles. The largest absolute Gasteiger partial charge is 0.415 e. The Morgan fingerprint density at radius 1 is 1.12 bits per heavy atom. The Kier molecular flexibility index (Phi) is 4.76. The van der Waals surface area contributed by atoms with Gasteiger partial charge in [-0.05, 0) is 43.7 Å². The van der Waals surface area contributed by atoms with Crippen LogP contribution in [-0.4, -0.2) is 18.2 Å². The molecular formula is C19H16ClNO4. The van der Waals surface area contributed by atoms with Crippen molar-refractivity contribution in [2.24, 2.45) is 0 Å². The molecule has 0 saturated heterocycles. The van der Waals surface area contributed by atoms with Gasteiger partial charge in [-0.25, -0.2) is 9.59 Å². The molecule has 0 fully saturated rings. The van der Waals surface area contributed by atoms with Crippen molar-refractivity contribution in [3.8, 4) is 0 Å². The number of cyclic esters (lactones) is 1. The van der Waals surface area contributed by atoms with E-state index >= 15 is 0 Å². The number of ether oxygens (including phenoxy) is 2. The van der Waals surface area contributed by atoms with Crippen molar-refractivity contribution in [1.29, 1.82) is 0 Å². The quantitative estimate of drug-likeness (QED) is 0.840. The molecule has 0 radical (unpaired) electrons. The lowest BCUT2D eigenvalue weighted by molar-refractivity contribution is -0.152. The van der Waals surface area contributed by atoms with Crippen LogP contribution in [0.15, 0.2) is 59.3 Å². The molecule has 0 aliphatic carbocycles. The first-order valence-electron chi connectivity index (χ1n) is 7.66. The third-order valence-corrected chi connectivity index (χ3v) is 4.02. The summed E-state index contributed by atoms with van der Waals surface area (Å²) in [7, 11) is 0. The van der Waals surface area contributed by atoms with Gasteiger partial charge in [0.25, 0.3) is 6.29 Å². The first kappa shape index (κ1) is 17.0. The molecule has 0 bridgehead atoms. The molecule has 0 unspecified atom stereocenters. The summed E-state index contributed by atoms with van der Waals surface area (Å²) in [6, 6.07) is 14.4. The zero-order valence-electron chi connectivity index (χ0n) is 13.7. The zero-order chi connectivity index (χ0) is 18.0. The Morgan fingerprint density at radius 3 is 2.52 bits per heavy atom. The number of aryl methyl sites for hydroxylation is 2. The van der Waals surface area contributed by atoms with Crippen LogP contribution in [0, 0.1) is 13.8 Å². The van der Waals surface area contributed by atoms with Crippen LogP contribution in [0.2, 0.25) is 0 Å². The number of rotatable bonds is 4. The van der Waals surface area contributed by atoms with Crippen LogP contribution < -0.4 is 5.32 Å². The van der Waals surface area contributed by atoms with Crippen molar-refractivity contribution in [2.45, 2.75) is 20.1 Å². The molecule has 2 aromatic rings. The minimum Gasteiger partial charge on any atom is -0.415 e. The maximum atomic E-state index is 12.3. The predicted molar refractivity (Wildman–Crippen MR) is 94.2 cm³/mol. The van der Waals surface area contributed by atoms with Gasteiger partial charge in [0, 0.05) is 5.69 Å². The number of hydrogen-bond acceptors (Lipinski definition) is 5. The van der Waals surface area contributed by atoms with Crippen LogP contribution in [0.3, 0.4) is 0 Å². The van der Waals surface area contributed by atoms with E-state index in [1.807, 2.05) is 38.1 Å². The van der Waals surface area contributed by atoms with Gasteiger partial charge in [0.15, 0.2) is 5.03 Å². The summed E-state index contributed by atoms with van der Waals surface area (Å²) in [5.41, 5.74) is 3.33. The maximum absolute atomic E-state index is 12.3. The first-order valence-corrected chi connectivity index (χ1v) is 8.04. The topological polar surface area (TPSA) is 64.6 Å². The van der Waals surface area contributed by atoms with Crippen LogP contribution in [0.1, 0.15) is 21.5 Å². The standard InChI is InChI=1S/C19H16ClNO4/c1-11-6-8-13(9-7-11)17(22)24-19-16(15(20)18(23)25-19)21-14-5-3-4-12(2)10-14/h3-10,19,21H,1-2H3/t19-/m0/s1. The average Bonchev–Trinajstić information content (AvgIpc) is 2.83. The minimum absolute atomic E-state index is 0.136. The number of hydrogen-bond donors (Lipinski definition) is 1. The molecule has 1 aliphatic rings. The smallest absolute Gasteiger partial charge is 0.355 e. The number of esters is 2. The SMILES string of the molecule is Cc1ccc(C(=O)O[C@H]2OC(=O)C(Cl)=C2Nc2cccc(C)c2)cc1. The molecule has 1 aliphatic heterocycles. The van der Waals surface area contributed by atoms with Crippen molar-refractivity contribution < 1.29 is 19.1 Å². The fourth-order valence-electron chi connectivity index (χ4n) is 2.35. The lowest BCUT2D eigenvalue weighted by atomic mass is 10.1. The summed E-state index contributed by atoms with van der Waals surface area (Å²) in [4.78, 5) is 24.0. The average molecular weight is 358 g/mol. The van der Waals surface area contributed by atoms with Gasteiger partial charge >= 0.3 is 11.9 Å². The Bertz CT molecular complexity index is 858. The van der Waals surface area contributed by atoms with E-state index in [4.69, 9.17) is 21.1 Å². The molecular weight excluding hydrogens is 342 g/mol. The summed E-state index contributed by atoms with van der Waals surface area (Å²) < 4.78 is 10.4. The molecule has 25 heavy (non-hydrogen) atoms. The van der Waals surface area contributed by atoms with Crippen LogP contribution >= 0.6 is 11.6 Å². The Hall–Kier alpha value is -2.79. The molecule has 1 heterocycles. The molecule has 0 aromatic heterocycles. The lowest BCUT2D eigenvalue weighted by Crippen LogP contribution is -2.24. The Labute approximate surface area is 150 Å². The van der Waals surface area contributed by atoms with Gasteiger partial charge in [0.2, 0.25) is 0 Å². The van der Waals surface area contributed by atoms with E-state index < -0.39 is 18.2 Å². The predicted octanol–water partition coefficient (Wildman–Crippen LogP) is 3.91. The Balaban J connectivity index is 1.79. The number of benzene rings is 2. The zero-order valence-corrected chi connectivity index (χ0v) is 14.5. The van der Waals surface area contributed by atoms with Gasteiger partial charge in [0.1, 0.15) is 5.70 Å². The molecule has 1 N–H and O–H groups in total. The van der Waals surface area contributed by atoms with E-state index in [-0.39, 0.29) is 10.7 Å². The van der Waals surface area contributed by atoms with Gasteiger partial charge in [-0.2, -0.15) is 0 Å². The fraction of sp³-hybridized carbons (Fsp3) is 0.158. The summed E-state index contributed by atoms with van der Waals surface area (Å²) in [6.45, 7) is 3.85. The highest BCUT2D eigenvalue weighted by atomic mass is 35.5. The van der Waals surface area contributed by atoms with Gasteiger partial charge < -0.3 is 14.8 Å². The summed E-state index contributed by atoms with van der Waals surface area (Å²) in [5, 5.41) is 2.87. The van der Waals surface area contributed by atoms with Gasteiger partial charge in [-0.1, -0.05) is 41.4 Å². The van der Waals surface area contributed by atoms with Crippen molar-refractivity contribution in [3.05, 3.63) is 76.0 Å². The van der Waals surface area contributed by atoms with Crippen LogP contribution in [0.25, 0.3) is 0 Å². The number of halogens is 1. The second kappa shape index (κ2) is 6.99. The molecule has 128 valence electrons. The van der Waals surface area contributed by atoms with E-state index in [1.54, 1.807) is 24.3 Å². The van der Waals surface area contributed by atoms with Crippen LogP contribution in [0.5, 0.6) is 0 Å². The molecule has 2 aromatic carbocycles. The number of carbonyl (C=O) groups is 2. The summed E-state index contributed by atoms with van der Waals surface area (Å²) in [5.74, 6) is -1.34. The molecule has 0 spiro atoms. The summed E-state index contributed by atoms with van der Waals surface area (Å²) in [6.07, 6.45) is -1.21. The van der Waals surface area contributed by atoms with Crippen molar-refractivity contribution in [3.63, 3.8) is 0 Å². The van der Waals surface area contributed by atoms with E-state index in [9.17, 15) is 9.59 Å². The highest BCUT2D eigenvalue weighted by Crippen LogP contribution is 2.28. The second-order valence-electron chi connectivity index (χ2n) is 5.73. The fourth-order valence-corrected chi connectivity index (χ4v) is 2.53. The highest BCUT2D eigenvalue weighted by Gasteiger charge is 2.36. The normalized spacial score (nSPS) is 16.6. The van der Waals surface area contributed by atoms with E-state index in [0.717, 1.165) is 11.1 Å². The third kappa shape index (κ3) is 3.83. The van der Waals surface area contributed by atoms with E-state index in [1.165, 1.54) is 0 Å². The number of carbonyl (C=O) groups excluding carboxylic acids is 2. The molecule has 5 nitrogen and oxygen atoms in total. The molecule has 6 heteroatoms. The van der Waals surface area contributed by atoms with Crippen molar-refractivity contribution in [2.75, 3.05) is 5.32 Å². The lowest BCUT2D eigenvalue weighted by Gasteiger charge is -2.16. The maximum Gasteiger partial charge on any atom is 0.355 e. The minimum atomic E-state index is -1.21. The highest BCUT2D eigenvalue weighted by molar-refractivity contribution is 6.42. The Morgan fingerprint density at radius 2 is 1.84 bits per heavy atom. The molecule has 1 atom stereocenters. The third-order valence-electron chi connectivity index (χ3n) is 3.66. The monoisotopic (exact) mass is 357 g/mol. The van der Waals surface area contributed by atoms with Crippen molar-refractivity contribution >= 4 is 29.2 Å². The first-order chi connectivity index (χ1) is 11.9. The second-order valence-corrected chi connectivity index (χ2v) is 6.11. The summed E-state index contributed by atoms with van der Waals surface area (Å²) >= 11 is 6.01. The van der Waals surface area contributed by atoms with Gasteiger partial charge in [-0.15, -0.1) is 0 Å². The van der Waals surface area contributed by atoms with Crippen LogP contribution in [0.4, 0.5) is 5.69 Å². The number of nitrogens with one attached hydrogen (secondary N) is 1. The molecule has 0 amide bonds. The van der Waals surface area contributed by atoms with Gasteiger partial charge in [0.05, 0.1) is 5.56 Å². The van der Waals surface area contributed by atoms with Crippen LogP contribution in [-0.2, 0) is 14.3 Å². The van der Waals surface area contributed by atoms with E-state index in [0.29, 0.717) is 11.3 Å². The number of anilines is 1.